The van der Waals surface area contributed by atoms with Crippen LogP contribution in [0.3, 0.4) is 0 Å². The molecular formula is C15H21ClN2O4S. The summed E-state index contributed by atoms with van der Waals surface area (Å²) >= 11 is 7.00. The number of halogens is 1. The van der Waals surface area contributed by atoms with Gasteiger partial charge in [0.05, 0.1) is 18.2 Å². The van der Waals surface area contributed by atoms with Gasteiger partial charge in [-0.15, -0.1) is 11.6 Å². The highest BCUT2D eigenvalue weighted by Crippen LogP contribution is 2.37. The number of hydrogen-bond donors (Lipinski definition) is 0. The molecule has 0 aromatic carbocycles. The van der Waals surface area contributed by atoms with Crippen molar-refractivity contribution in [3.05, 3.63) is 10.6 Å². The molecule has 8 heteroatoms. The Morgan fingerprint density at radius 2 is 2.04 bits per heavy atom. The molecule has 1 amide bonds. The number of aromatic nitrogens is 1. The molecule has 0 bridgehead atoms. The summed E-state index contributed by atoms with van der Waals surface area (Å²) in [5.74, 6) is -0.385. The molecule has 1 saturated carbocycles. The zero-order valence-electron chi connectivity index (χ0n) is 13.7. The Bertz CT molecular complexity index is 593. The van der Waals surface area contributed by atoms with Crippen molar-refractivity contribution < 1.29 is 19.1 Å². The lowest BCUT2D eigenvalue weighted by Crippen LogP contribution is -2.38. The number of nitrogens with zero attached hydrogens (tertiary/aromatic N) is 2. The van der Waals surface area contributed by atoms with Crippen molar-refractivity contribution in [2.45, 2.75) is 58.1 Å². The maximum atomic E-state index is 12.5. The van der Waals surface area contributed by atoms with Gasteiger partial charge in [0.1, 0.15) is 10.5 Å². The predicted molar refractivity (Wildman–Crippen MR) is 89.4 cm³/mol. The van der Waals surface area contributed by atoms with E-state index >= 15 is 0 Å². The summed E-state index contributed by atoms with van der Waals surface area (Å²) in [5.41, 5.74) is -0.167. The van der Waals surface area contributed by atoms with Crippen LogP contribution in [-0.4, -0.2) is 35.3 Å². The standard InChI is InChI=1S/C15H21ClN2O4S/c1-5-21-12(19)11-10(8-16)17-13(23-11)18(9-6-7-9)14(20)22-15(2,3)4/h9H,5-8H2,1-4H3. The van der Waals surface area contributed by atoms with Gasteiger partial charge in [-0.3, -0.25) is 0 Å². The molecule has 0 N–H and O–H groups in total. The lowest BCUT2D eigenvalue weighted by atomic mass is 10.2. The van der Waals surface area contributed by atoms with Gasteiger partial charge >= 0.3 is 12.1 Å². The third-order valence-electron chi connectivity index (χ3n) is 2.98. The number of alkyl halides is 1. The summed E-state index contributed by atoms with van der Waals surface area (Å²) < 4.78 is 10.5. The van der Waals surface area contributed by atoms with Crippen molar-refractivity contribution in [2.75, 3.05) is 11.5 Å². The molecule has 0 radical (unpaired) electrons. The van der Waals surface area contributed by atoms with Crippen LogP contribution in [0.1, 0.15) is 55.9 Å². The molecule has 1 aromatic rings. The van der Waals surface area contributed by atoms with Gasteiger partial charge < -0.3 is 9.47 Å². The summed E-state index contributed by atoms with van der Waals surface area (Å²) in [7, 11) is 0. The van der Waals surface area contributed by atoms with E-state index in [1.165, 1.54) is 4.90 Å². The van der Waals surface area contributed by atoms with Gasteiger partial charge in [0.2, 0.25) is 0 Å². The van der Waals surface area contributed by atoms with E-state index in [0.29, 0.717) is 15.7 Å². The van der Waals surface area contributed by atoms with E-state index < -0.39 is 17.7 Å². The number of carbonyl (C=O) groups is 2. The van der Waals surface area contributed by atoms with Gasteiger partial charge in [-0.05, 0) is 40.5 Å². The second kappa shape index (κ2) is 7.05. The quantitative estimate of drug-likeness (QED) is 0.587. The molecule has 1 heterocycles. The molecule has 2 rings (SSSR count). The molecule has 6 nitrogen and oxygen atoms in total. The SMILES string of the molecule is CCOC(=O)c1sc(N(C(=O)OC(C)(C)C)C2CC2)nc1CCl. The Morgan fingerprint density at radius 3 is 2.52 bits per heavy atom. The molecule has 1 fully saturated rings. The molecule has 0 atom stereocenters. The van der Waals surface area contributed by atoms with Crippen molar-refractivity contribution in [1.82, 2.24) is 4.98 Å². The minimum absolute atomic E-state index is 0.0641. The van der Waals surface area contributed by atoms with Crippen LogP contribution in [0.4, 0.5) is 9.93 Å². The van der Waals surface area contributed by atoms with E-state index in [2.05, 4.69) is 4.98 Å². The number of ether oxygens (including phenoxy) is 2. The maximum absolute atomic E-state index is 12.5. The van der Waals surface area contributed by atoms with Crippen molar-refractivity contribution >= 4 is 40.1 Å². The first-order chi connectivity index (χ1) is 10.8. The normalized spacial score (nSPS) is 14.5. The average Bonchev–Trinajstić information content (AvgIpc) is 3.15. The molecule has 1 aliphatic carbocycles. The Morgan fingerprint density at radius 1 is 1.39 bits per heavy atom. The molecule has 1 aliphatic rings. The summed E-state index contributed by atoms with van der Waals surface area (Å²) in [6, 6.07) is 0.0641. The first-order valence-corrected chi connectivity index (χ1v) is 8.87. The topological polar surface area (TPSA) is 68.7 Å². The first-order valence-electron chi connectivity index (χ1n) is 7.51. The van der Waals surface area contributed by atoms with Crippen LogP contribution >= 0.6 is 22.9 Å². The number of hydrogen-bond acceptors (Lipinski definition) is 6. The number of amides is 1. The number of esters is 1. The lowest BCUT2D eigenvalue weighted by Gasteiger charge is -2.25. The molecule has 128 valence electrons. The van der Waals surface area contributed by atoms with Gasteiger partial charge in [-0.25, -0.2) is 19.5 Å². The number of thiazole rings is 1. The van der Waals surface area contributed by atoms with Gasteiger partial charge in [0, 0.05) is 6.04 Å². The van der Waals surface area contributed by atoms with E-state index in [9.17, 15) is 9.59 Å². The number of carbonyl (C=O) groups excluding carboxylic acids is 2. The minimum atomic E-state index is -0.596. The van der Waals surface area contributed by atoms with Gasteiger partial charge in [0.25, 0.3) is 0 Å². The molecule has 0 spiro atoms. The minimum Gasteiger partial charge on any atom is -0.462 e. The lowest BCUT2D eigenvalue weighted by molar-refractivity contribution is 0.0528. The van der Waals surface area contributed by atoms with Crippen molar-refractivity contribution in [3.63, 3.8) is 0 Å². The Hall–Kier alpha value is -1.34. The van der Waals surface area contributed by atoms with E-state index in [1.807, 2.05) is 20.8 Å². The van der Waals surface area contributed by atoms with Crippen LogP contribution < -0.4 is 4.90 Å². The Balaban J connectivity index is 2.29. The van der Waals surface area contributed by atoms with Crippen LogP contribution in [-0.2, 0) is 15.4 Å². The predicted octanol–water partition coefficient (Wildman–Crippen LogP) is 3.96. The smallest absolute Gasteiger partial charge is 0.416 e. The summed E-state index contributed by atoms with van der Waals surface area (Å²) in [6.45, 7) is 7.44. The first kappa shape index (κ1) is 18.0. The Kier molecular flexibility index (Phi) is 5.52. The zero-order valence-corrected chi connectivity index (χ0v) is 15.3. The van der Waals surface area contributed by atoms with Gasteiger partial charge in [-0.1, -0.05) is 11.3 Å². The van der Waals surface area contributed by atoms with Crippen LogP contribution in [0.25, 0.3) is 0 Å². The fourth-order valence-corrected chi connectivity index (χ4v) is 3.23. The second-order valence-corrected chi connectivity index (χ2v) is 7.45. The molecular weight excluding hydrogens is 340 g/mol. The summed E-state index contributed by atoms with van der Waals surface area (Å²) in [4.78, 5) is 30.7. The van der Waals surface area contributed by atoms with Crippen LogP contribution in [0, 0.1) is 0 Å². The van der Waals surface area contributed by atoms with E-state index in [4.69, 9.17) is 21.1 Å². The molecule has 23 heavy (non-hydrogen) atoms. The highest BCUT2D eigenvalue weighted by molar-refractivity contribution is 7.17. The summed E-state index contributed by atoms with van der Waals surface area (Å²) in [5, 5.41) is 0.431. The van der Waals surface area contributed by atoms with E-state index in [1.54, 1.807) is 6.92 Å². The molecule has 0 saturated heterocycles. The fraction of sp³-hybridized carbons (Fsp3) is 0.667. The Labute approximate surface area is 144 Å². The number of anilines is 1. The van der Waals surface area contributed by atoms with E-state index in [0.717, 1.165) is 24.2 Å². The monoisotopic (exact) mass is 360 g/mol. The fourth-order valence-electron chi connectivity index (χ4n) is 1.92. The van der Waals surface area contributed by atoms with Crippen LogP contribution in [0.5, 0.6) is 0 Å². The van der Waals surface area contributed by atoms with Gasteiger partial charge in [0.15, 0.2) is 5.13 Å². The van der Waals surface area contributed by atoms with E-state index in [-0.39, 0.29) is 18.5 Å². The van der Waals surface area contributed by atoms with Gasteiger partial charge in [-0.2, -0.15) is 0 Å². The zero-order chi connectivity index (χ0) is 17.2. The van der Waals surface area contributed by atoms with Crippen molar-refractivity contribution in [3.8, 4) is 0 Å². The third-order valence-corrected chi connectivity index (χ3v) is 4.31. The van der Waals surface area contributed by atoms with Crippen LogP contribution in [0.2, 0.25) is 0 Å². The second-order valence-electron chi connectivity index (χ2n) is 6.21. The van der Waals surface area contributed by atoms with Crippen molar-refractivity contribution in [1.29, 1.82) is 0 Å². The average molecular weight is 361 g/mol. The highest BCUT2D eigenvalue weighted by atomic mass is 35.5. The summed E-state index contributed by atoms with van der Waals surface area (Å²) in [6.07, 6.45) is 1.33. The maximum Gasteiger partial charge on any atom is 0.416 e. The number of rotatable bonds is 5. The molecule has 1 aromatic heterocycles. The third kappa shape index (κ3) is 4.57. The van der Waals surface area contributed by atoms with Crippen LogP contribution in [0.15, 0.2) is 0 Å². The van der Waals surface area contributed by atoms with Crippen molar-refractivity contribution in [2.24, 2.45) is 0 Å². The molecule has 0 unspecified atom stereocenters. The highest BCUT2D eigenvalue weighted by Gasteiger charge is 2.39. The molecule has 0 aliphatic heterocycles. The largest absolute Gasteiger partial charge is 0.462 e.